The van der Waals surface area contributed by atoms with Gasteiger partial charge < -0.3 is 0 Å². The average molecular weight is 195 g/mol. The molecule has 0 unspecified atom stereocenters. The van der Waals surface area contributed by atoms with Gasteiger partial charge in [0.1, 0.15) is 0 Å². The van der Waals surface area contributed by atoms with Crippen LogP contribution in [0.2, 0.25) is 0 Å². The van der Waals surface area contributed by atoms with Gasteiger partial charge in [-0.1, -0.05) is 18.2 Å². The third-order valence-electron chi connectivity index (χ3n) is 1.10. The molecule has 0 aliphatic rings. The van der Waals surface area contributed by atoms with E-state index < -0.39 is 0 Å². The van der Waals surface area contributed by atoms with Gasteiger partial charge in [-0.15, -0.1) is 12.6 Å². The SMILES string of the molecule is Sc1ccccc1.c1cnsc1. The summed E-state index contributed by atoms with van der Waals surface area (Å²) in [6.07, 6.45) is 1.77. The lowest BCUT2D eigenvalue weighted by molar-refractivity contribution is 1.48. The second-order valence-corrected chi connectivity index (χ2v) is 3.23. The molecule has 0 fully saturated rings. The number of hydrogen-bond acceptors (Lipinski definition) is 3. The molecule has 0 aliphatic carbocycles. The monoisotopic (exact) mass is 195 g/mol. The highest BCUT2D eigenvalue weighted by atomic mass is 32.1. The predicted octanol–water partition coefficient (Wildman–Crippen LogP) is 3.12. The maximum atomic E-state index is 4.08. The van der Waals surface area contributed by atoms with E-state index in [1.807, 2.05) is 41.8 Å². The molecule has 0 amide bonds. The molecule has 12 heavy (non-hydrogen) atoms. The van der Waals surface area contributed by atoms with Crippen LogP contribution in [0.25, 0.3) is 0 Å². The molecule has 2 aromatic rings. The smallest absolute Gasteiger partial charge is 0.0406 e. The standard InChI is InChI=1S/C6H6S.C3H3NS/c7-6-4-2-1-3-5-6;1-2-4-5-3-1/h1-5,7H;1-3H. The second kappa shape index (κ2) is 5.80. The summed E-state index contributed by atoms with van der Waals surface area (Å²) in [5.41, 5.74) is 0. The second-order valence-electron chi connectivity index (χ2n) is 2.02. The van der Waals surface area contributed by atoms with Crippen molar-refractivity contribution < 1.29 is 0 Å². The van der Waals surface area contributed by atoms with Crippen LogP contribution in [0.15, 0.2) is 52.9 Å². The highest BCUT2D eigenvalue weighted by molar-refractivity contribution is 7.80. The third kappa shape index (κ3) is 4.16. The van der Waals surface area contributed by atoms with E-state index in [0.717, 1.165) is 4.90 Å². The van der Waals surface area contributed by atoms with E-state index in [1.165, 1.54) is 11.5 Å². The molecule has 3 heteroatoms. The number of thiol groups is 1. The quantitative estimate of drug-likeness (QED) is 0.637. The van der Waals surface area contributed by atoms with Gasteiger partial charge in [0.15, 0.2) is 0 Å². The molecule has 0 N–H and O–H groups in total. The van der Waals surface area contributed by atoms with Crippen molar-refractivity contribution in [3.8, 4) is 0 Å². The van der Waals surface area contributed by atoms with Gasteiger partial charge in [0.05, 0.1) is 0 Å². The molecule has 1 aromatic carbocycles. The van der Waals surface area contributed by atoms with Crippen LogP contribution in [0.5, 0.6) is 0 Å². The maximum absolute atomic E-state index is 4.08. The number of benzene rings is 1. The van der Waals surface area contributed by atoms with Crippen molar-refractivity contribution >= 4 is 24.2 Å². The van der Waals surface area contributed by atoms with Crippen LogP contribution in [0.3, 0.4) is 0 Å². The Morgan fingerprint density at radius 2 is 1.83 bits per heavy atom. The topological polar surface area (TPSA) is 12.9 Å². The lowest BCUT2D eigenvalue weighted by atomic mass is 10.4. The van der Waals surface area contributed by atoms with Crippen LogP contribution < -0.4 is 0 Å². The molecule has 0 atom stereocenters. The fraction of sp³-hybridized carbons (Fsp3) is 0. The normalized spacial score (nSPS) is 8.42. The van der Waals surface area contributed by atoms with Gasteiger partial charge in [-0.3, -0.25) is 0 Å². The van der Waals surface area contributed by atoms with Crippen LogP contribution in [-0.4, -0.2) is 4.37 Å². The highest BCUT2D eigenvalue weighted by Crippen LogP contribution is 2.00. The van der Waals surface area contributed by atoms with Crippen molar-refractivity contribution in [2.75, 3.05) is 0 Å². The van der Waals surface area contributed by atoms with Crippen LogP contribution in [0, 0.1) is 0 Å². The molecular weight excluding hydrogens is 186 g/mol. The van der Waals surface area contributed by atoms with Crippen molar-refractivity contribution in [2.45, 2.75) is 4.90 Å². The summed E-state index contributed by atoms with van der Waals surface area (Å²) >= 11 is 5.55. The van der Waals surface area contributed by atoms with Crippen molar-refractivity contribution in [1.29, 1.82) is 0 Å². The maximum Gasteiger partial charge on any atom is 0.0406 e. The Bertz CT molecular complexity index is 261. The number of aromatic nitrogens is 1. The summed E-state index contributed by atoms with van der Waals surface area (Å²) in [5.74, 6) is 0. The van der Waals surface area contributed by atoms with Crippen LogP contribution in [0.4, 0.5) is 0 Å². The van der Waals surface area contributed by atoms with Crippen LogP contribution >= 0.6 is 24.2 Å². The van der Waals surface area contributed by atoms with Gasteiger partial charge >= 0.3 is 0 Å². The van der Waals surface area contributed by atoms with Gasteiger partial charge in [-0.25, -0.2) is 4.37 Å². The average Bonchev–Trinajstić information content (AvgIpc) is 2.62. The molecule has 1 nitrogen and oxygen atoms in total. The first kappa shape index (κ1) is 9.29. The van der Waals surface area contributed by atoms with Gasteiger partial charge in [0.25, 0.3) is 0 Å². The first-order valence-electron chi connectivity index (χ1n) is 3.48. The van der Waals surface area contributed by atoms with E-state index in [4.69, 9.17) is 0 Å². The summed E-state index contributed by atoms with van der Waals surface area (Å²) in [4.78, 5) is 1.02. The van der Waals surface area contributed by atoms with Crippen molar-refractivity contribution in [2.24, 2.45) is 0 Å². The van der Waals surface area contributed by atoms with Crippen molar-refractivity contribution in [3.63, 3.8) is 0 Å². The molecule has 0 saturated carbocycles. The molecule has 62 valence electrons. The van der Waals surface area contributed by atoms with E-state index in [-0.39, 0.29) is 0 Å². The Hall–Kier alpha value is -0.800. The molecule has 0 bridgehead atoms. The number of rotatable bonds is 0. The minimum absolute atomic E-state index is 1.02. The molecule has 1 heterocycles. The van der Waals surface area contributed by atoms with Crippen LogP contribution in [0.1, 0.15) is 0 Å². The summed E-state index contributed by atoms with van der Waals surface area (Å²) in [7, 11) is 0. The lowest BCUT2D eigenvalue weighted by Crippen LogP contribution is -1.56. The Morgan fingerprint density at radius 1 is 1.08 bits per heavy atom. The Labute approximate surface area is 81.7 Å². The van der Waals surface area contributed by atoms with E-state index in [0.29, 0.717) is 0 Å². The van der Waals surface area contributed by atoms with E-state index in [1.54, 1.807) is 6.20 Å². The molecule has 2 rings (SSSR count). The molecule has 0 saturated heterocycles. The fourth-order valence-electron chi connectivity index (χ4n) is 0.604. The van der Waals surface area contributed by atoms with E-state index >= 15 is 0 Å². The molecule has 1 aromatic heterocycles. The largest absolute Gasteiger partial charge is 0.201 e. The van der Waals surface area contributed by atoms with Gasteiger partial charge in [0, 0.05) is 16.5 Å². The minimum Gasteiger partial charge on any atom is -0.201 e. The lowest BCUT2D eigenvalue weighted by Gasteiger charge is -1.81. The first-order valence-corrected chi connectivity index (χ1v) is 4.76. The molecule has 0 radical (unpaired) electrons. The number of hydrogen-bond donors (Lipinski definition) is 1. The Kier molecular flexibility index (Phi) is 4.49. The summed E-state index contributed by atoms with van der Waals surface area (Å²) < 4.78 is 3.76. The zero-order chi connectivity index (χ0) is 8.65. The zero-order valence-corrected chi connectivity index (χ0v) is 8.13. The first-order chi connectivity index (χ1) is 5.89. The van der Waals surface area contributed by atoms with Gasteiger partial charge in [-0.05, 0) is 29.7 Å². The Balaban J connectivity index is 0.000000127. The zero-order valence-electron chi connectivity index (χ0n) is 6.42. The summed E-state index contributed by atoms with van der Waals surface area (Å²) in [5, 5.41) is 1.93. The molecule has 0 spiro atoms. The van der Waals surface area contributed by atoms with Gasteiger partial charge in [0.2, 0.25) is 0 Å². The number of nitrogens with zero attached hydrogens (tertiary/aromatic N) is 1. The van der Waals surface area contributed by atoms with Gasteiger partial charge in [-0.2, -0.15) is 0 Å². The van der Waals surface area contributed by atoms with Crippen molar-refractivity contribution in [3.05, 3.63) is 48.0 Å². The van der Waals surface area contributed by atoms with E-state index in [2.05, 4.69) is 17.0 Å². The van der Waals surface area contributed by atoms with E-state index in [9.17, 15) is 0 Å². The molecular formula is C9H9NS2. The third-order valence-corrected chi connectivity index (χ3v) is 1.92. The summed E-state index contributed by atoms with van der Waals surface area (Å²) in [6.45, 7) is 0. The van der Waals surface area contributed by atoms with Crippen molar-refractivity contribution in [1.82, 2.24) is 4.37 Å². The molecule has 0 aliphatic heterocycles. The Morgan fingerprint density at radius 3 is 2.08 bits per heavy atom. The minimum atomic E-state index is 1.02. The predicted molar refractivity (Wildman–Crippen MR) is 55.8 cm³/mol. The fourth-order valence-corrected chi connectivity index (χ4v) is 1.13. The summed E-state index contributed by atoms with van der Waals surface area (Å²) in [6, 6.07) is 11.7. The highest BCUT2D eigenvalue weighted by Gasteiger charge is 1.73. The van der Waals surface area contributed by atoms with Crippen LogP contribution in [-0.2, 0) is 0 Å².